The Bertz CT molecular complexity index is 731. The lowest BCUT2D eigenvalue weighted by molar-refractivity contribution is -0.0573. The molecule has 7 nitrogen and oxygen atoms in total. The first-order chi connectivity index (χ1) is 12.2. The van der Waals surface area contributed by atoms with Gasteiger partial charge in [0.2, 0.25) is 5.82 Å². The van der Waals surface area contributed by atoms with E-state index in [1.54, 1.807) is 12.1 Å². The first kappa shape index (κ1) is 16.4. The third-order valence-corrected chi connectivity index (χ3v) is 5.01. The summed E-state index contributed by atoms with van der Waals surface area (Å²) in [5.41, 5.74) is 2.59. The Morgan fingerprint density at radius 1 is 1.44 bits per heavy atom. The number of aromatic nitrogens is 4. The minimum Gasteiger partial charge on any atom is -0.378 e. The van der Waals surface area contributed by atoms with E-state index in [0.29, 0.717) is 32.1 Å². The lowest BCUT2D eigenvalue weighted by Crippen LogP contribution is -2.38. The van der Waals surface area contributed by atoms with E-state index < -0.39 is 5.60 Å². The Kier molecular flexibility index (Phi) is 4.39. The van der Waals surface area contributed by atoms with Crippen LogP contribution < -0.4 is 4.90 Å². The summed E-state index contributed by atoms with van der Waals surface area (Å²) in [7, 11) is 0. The van der Waals surface area contributed by atoms with Crippen molar-refractivity contribution >= 4 is 5.69 Å². The van der Waals surface area contributed by atoms with Gasteiger partial charge in [0.25, 0.3) is 0 Å². The maximum absolute atomic E-state index is 13.7. The van der Waals surface area contributed by atoms with Crippen LogP contribution in [0.1, 0.15) is 29.8 Å². The Hall–Kier alpha value is -2.06. The van der Waals surface area contributed by atoms with E-state index in [1.807, 2.05) is 6.92 Å². The Labute approximate surface area is 145 Å². The topological polar surface area (TPSA) is 76.2 Å². The first-order valence-electron chi connectivity index (χ1n) is 8.67. The van der Waals surface area contributed by atoms with Crippen molar-refractivity contribution in [1.29, 1.82) is 0 Å². The molecule has 0 bridgehead atoms. The molecule has 8 heteroatoms. The summed E-state index contributed by atoms with van der Waals surface area (Å²) in [5.74, 6) is 0.385. The summed E-state index contributed by atoms with van der Waals surface area (Å²) in [4.78, 5) is 2.29. The normalized spacial score (nSPS) is 23.0. The van der Waals surface area contributed by atoms with E-state index in [9.17, 15) is 4.39 Å². The van der Waals surface area contributed by atoms with Crippen LogP contribution in [0.5, 0.6) is 0 Å². The standard InChI is InChI=1S/C17H22FN5O2/c1-12-9-14(18)10-13-3-2-5-23(15(12)13)6-8-25-17(4-7-24-11-17)16-19-21-22-20-16/h9-10H,2-8,11H2,1H3,(H,19,20,21,22). The van der Waals surface area contributed by atoms with E-state index in [-0.39, 0.29) is 5.82 Å². The molecular weight excluding hydrogens is 325 g/mol. The summed E-state index contributed by atoms with van der Waals surface area (Å²) < 4.78 is 25.4. The van der Waals surface area contributed by atoms with Crippen LogP contribution in [0.3, 0.4) is 0 Å². The molecule has 134 valence electrons. The van der Waals surface area contributed by atoms with Gasteiger partial charge in [0, 0.05) is 25.2 Å². The number of nitrogens with one attached hydrogen (secondary N) is 1. The summed E-state index contributed by atoms with van der Waals surface area (Å²) in [5, 5.41) is 14.3. The zero-order chi connectivity index (χ0) is 17.3. The first-order valence-corrected chi connectivity index (χ1v) is 8.67. The second-order valence-electron chi connectivity index (χ2n) is 6.70. The molecule has 1 atom stereocenters. The fraction of sp³-hybridized carbons (Fsp3) is 0.588. The van der Waals surface area contributed by atoms with Gasteiger partial charge in [-0.05, 0) is 43.0 Å². The van der Waals surface area contributed by atoms with Gasteiger partial charge in [-0.1, -0.05) is 5.21 Å². The maximum Gasteiger partial charge on any atom is 0.208 e. The average molecular weight is 347 g/mol. The number of hydrogen-bond acceptors (Lipinski definition) is 6. The smallest absolute Gasteiger partial charge is 0.208 e. The second kappa shape index (κ2) is 6.68. The molecule has 0 amide bonds. The highest BCUT2D eigenvalue weighted by Crippen LogP contribution is 2.33. The van der Waals surface area contributed by atoms with Crippen LogP contribution in [0.15, 0.2) is 12.1 Å². The average Bonchev–Trinajstić information content (AvgIpc) is 3.27. The second-order valence-corrected chi connectivity index (χ2v) is 6.70. The van der Waals surface area contributed by atoms with Gasteiger partial charge in [0.15, 0.2) is 5.60 Å². The van der Waals surface area contributed by atoms with Crippen molar-refractivity contribution in [2.45, 2.75) is 31.8 Å². The van der Waals surface area contributed by atoms with Gasteiger partial charge >= 0.3 is 0 Å². The number of H-pyrrole nitrogens is 1. The van der Waals surface area contributed by atoms with Crippen molar-refractivity contribution in [3.63, 3.8) is 0 Å². The monoisotopic (exact) mass is 347 g/mol. The van der Waals surface area contributed by atoms with Crippen molar-refractivity contribution in [2.24, 2.45) is 0 Å². The van der Waals surface area contributed by atoms with Gasteiger partial charge in [-0.3, -0.25) is 0 Å². The molecule has 0 spiro atoms. The van der Waals surface area contributed by atoms with E-state index >= 15 is 0 Å². The van der Waals surface area contributed by atoms with E-state index in [0.717, 1.165) is 42.7 Å². The number of rotatable bonds is 5. The summed E-state index contributed by atoms with van der Waals surface area (Å²) in [6.07, 6.45) is 2.66. The van der Waals surface area contributed by atoms with Gasteiger partial charge in [-0.2, -0.15) is 5.21 Å². The van der Waals surface area contributed by atoms with Crippen molar-refractivity contribution in [2.75, 3.05) is 37.8 Å². The van der Waals surface area contributed by atoms with E-state index in [2.05, 4.69) is 25.5 Å². The highest BCUT2D eigenvalue weighted by atomic mass is 19.1. The van der Waals surface area contributed by atoms with Gasteiger partial charge in [0.1, 0.15) is 5.82 Å². The lowest BCUT2D eigenvalue weighted by atomic mass is 9.98. The summed E-state index contributed by atoms with van der Waals surface area (Å²) in [6, 6.07) is 3.25. The SMILES string of the molecule is Cc1cc(F)cc2c1N(CCOC1(c3nn[nH]n3)CCOC1)CCC2. The number of nitrogens with zero attached hydrogens (tertiary/aromatic N) is 4. The third-order valence-electron chi connectivity index (χ3n) is 5.01. The number of aryl methyl sites for hydroxylation is 2. The van der Waals surface area contributed by atoms with Crippen LogP contribution in [-0.2, 0) is 21.5 Å². The van der Waals surface area contributed by atoms with Crippen molar-refractivity contribution in [3.8, 4) is 0 Å². The molecule has 0 aliphatic carbocycles. The third kappa shape index (κ3) is 3.11. The molecule has 1 saturated heterocycles. The molecule has 2 aliphatic heterocycles. The number of tetrazole rings is 1. The zero-order valence-corrected chi connectivity index (χ0v) is 14.3. The summed E-state index contributed by atoms with van der Waals surface area (Å²) >= 11 is 0. The van der Waals surface area contributed by atoms with Crippen LogP contribution in [0.4, 0.5) is 10.1 Å². The highest BCUT2D eigenvalue weighted by Gasteiger charge is 2.42. The molecule has 2 aliphatic rings. The number of anilines is 1. The van der Waals surface area contributed by atoms with Crippen LogP contribution in [-0.4, -0.2) is 53.5 Å². The quantitative estimate of drug-likeness (QED) is 0.888. The molecule has 1 aromatic heterocycles. The molecule has 25 heavy (non-hydrogen) atoms. The Morgan fingerprint density at radius 2 is 2.36 bits per heavy atom. The number of halogens is 1. The predicted octanol–water partition coefficient (Wildman–Crippen LogP) is 1.73. The van der Waals surface area contributed by atoms with Crippen LogP contribution in [0.2, 0.25) is 0 Å². The van der Waals surface area contributed by atoms with E-state index in [4.69, 9.17) is 9.47 Å². The fourth-order valence-electron chi connectivity index (χ4n) is 3.85. The predicted molar refractivity (Wildman–Crippen MR) is 88.9 cm³/mol. The molecule has 1 unspecified atom stereocenters. The molecule has 0 saturated carbocycles. The lowest BCUT2D eigenvalue weighted by Gasteiger charge is -2.34. The van der Waals surface area contributed by atoms with E-state index in [1.165, 1.54) is 0 Å². The molecule has 0 radical (unpaired) electrons. The highest BCUT2D eigenvalue weighted by molar-refractivity contribution is 5.61. The zero-order valence-electron chi connectivity index (χ0n) is 14.3. The van der Waals surface area contributed by atoms with Crippen LogP contribution in [0, 0.1) is 12.7 Å². The van der Waals surface area contributed by atoms with Gasteiger partial charge in [0.05, 0.1) is 19.8 Å². The molecule has 1 aromatic carbocycles. The van der Waals surface area contributed by atoms with Crippen LogP contribution in [0.25, 0.3) is 0 Å². The van der Waals surface area contributed by atoms with Crippen molar-refractivity contribution < 1.29 is 13.9 Å². The molecule has 1 N–H and O–H groups in total. The van der Waals surface area contributed by atoms with Gasteiger partial charge in [-0.15, -0.1) is 10.2 Å². The summed E-state index contributed by atoms with van der Waals surface area (Å²) in [6.45, 7) is 5.24. The van der Waals surface area contributed by atoms with Crippen LogP contribution >= 0.6 is 0 Å². The molecule has 2 aromatic rings. The fourth-order valence-corrected chi connectivity index (χ4v) is 3.85. The van der Waals surface area contributed by atoms with Gasteiger partial charge in [-0.25, -0.2) is 4.39 Å². The maximum atomic E-state index is 13.7. The minimum atomic E-state index is -0.622. The minimum absolute atomic E-state index is 0.159. The number of benzene rings is 1. The van der Waals surface area contributed by atoms with Gasteiger partial charge < -0.3 is 14.4 Å². The number of fused-ring (bicyclic) bond motifs is 1. The molecule has 4 rings (SSSR count). The largest absolute Gasteiger partial charge is 0.378 e. The molecule has 3 heterocycles. The Morgan fingerprint density at radius 3 is 3.12 bits per heavy atom. The number of ether oxygens (including phenoxy) is 2. The van der Waals surface area contributed by atoms with Crippen molar-refractivity contribution in [1.82, 2.24) is 20.6 Å². The Balaban J connectivity index is 1.46. The molecular formula is C17H22FN5O2. The number of aromatic amines is 1. The van der Waals surface area contributed by atoms with Crippen molar-refractivity contribution in [3.05, 3.63) is 34.9 Å². The molecule has 1 fully saturated rings. The number of hydrogen-bond donors (Lipinski definition) is 1.